The molecular formula is C15H15N3O3. The standard InChI is InChI=1S/C15H15N3O3/c1-2-21-15(20)11-7-5-9-17-14(11)18-12-8-4-3-6-10(12)13(16)19/h3-9H,2H2,1H3,(H2,16,19)(H,17,18). The first-order valence-corrected chi connectivity index (χ1v) is 6.41. The van der Waals surface area contributed by atoms with Gasteiger partial charge < -0.3 is 15.8 Å². The van der Waals surface area contributed by atoms with Crippen molar-refractivity contribution < 1.29 is 14.3 Å². The number of aromatic nitrogens is 1. The maximum absolute atomic E-state index is 11.9. The molecule has 0 aliphatic carbocycles. The second kappa shape index (κ2) is 6.51. The first-order valence-electron chi connectivity index (χ1n) is 6.41. The van der Waals surface area contributed by atoms with Crippen molar-refractivity contribution in [3.63, 3.8) is 0 Å². The van der Waals surface area contributed by atoms with Crippen LogP contribution >= 0.6 is 0 Å². The Bertz CT molecular complexity index is 671. The average molecular weight is 285 g/mol. The zero-order chi connectivity index (χ0) is 15.2. The highest BCUT2D eigenvalue weighted by Crippen LogP contribution is 2.22. The molecule has 0 saturated carbocycles. The molecule has 0 radical (unpaired) electrons. The Hall–Kier alpha value is -2.89. The zero-order valence-corrected chi connectivity index (χ0v) is 11.5. The molecule has 1 aromatic carbocycles. The van der Waals surface area contributed by atoms with Gasteiger partial charge in [-0.25, -0.2) is 9.78 Å². The number of para-hydroxylation sites is 1. The van der Waals surface area contributed by atoms with E-state index < -0.39 is 11.9 Å². The minimum atomic E-state index is -0.563. The quantitative estimate of drug-likeness (QED) is 0.820. The van der Waals surface area contributed by atoms with Crippen LogP contribution in [0.15, 0.2) is 42.6 Å². The molecule has 0 fully saturated rings. The van der Waals surface area contributed by atoms with Crippen LogP contribution in [0.4, 0.5) is 11.5 Å². The van der Waals surface area contributed by atoms with Crippen molar-refractivity contribution >= 4 is 23.4 Å². The van der Waals surface area contributed by atoms with Gasteiger partial charge in [0.1, 0.15) is 11.4 Å². The third-order valence-electron chi connectivity index (χ3n) is 2.75. The highest BCUT2D eigenvalue weighted by molar-refractivity contribution is 6.00. The highest BCUT2D eigenvalue weighted by Gasteiger charge is 2.15. The number of carbonyl (C=O) groups excluding carboxylic acids is 2. The van der Waals surface area contributed by atoms with Gasteiger partial charge >= 0.3 is 5.97 Å². The third kappa shape index (κ3) is 3.36. The van der Waals surface area contributed by atoms with Crippen LogP contribution in [-0.2, 0) is 4.74 Å². The van der Waals surface area contributed by atoms with Gasteiger partial charge in [-0.3, -0.25) is 4.79 Å². The van der Waals surface area contributed by atoms with E-state index in [1.165, 1.54) is 6.20 Å². The van der Waals surface area contributed by atoms with E-state index in [0.717, 1.165) is 0 Å². The van der Waals surface area contributed by atoms with Crippen molar-refractivity contribution in [3.05, 3.63) is 53.7 Å². The van der Waals surface area contributed by atoms with E-state index in [1.807, 2.05) is 0 Å². The van der Waals surface area contributed by atoms with Gasteiger partial charge in [-0.2, -0.15) is 0 Å². The zero-order valence-electron chi connectivity index (χ0n) is 11.5. The van der Waals surface area contributed by atoms with Crippen molar-refractivity contribution in [1.82, 2.24) is 4.98 Å². The van der Waals surface area contributed by atoms with E-state index >= 15 is 0 Å². The normalized spacial score (nSPS) is 9.95. The van der Waals surface area contributed by atoms with Gasteiger partial charge in [0, 0.05) is 6.20 Å². The molecule has 1 amide bonds. The van der Waals surface area contributed by atoms with Gasteiger partial charge in [0.25, 0.3) is 5.91 Å². The lowest BCUT2D eigenvalue weighted by atomic mass is 10.1. The number of rotatable bonds is 5. The second-order valence-corrected chi connectivity index (χ2v) is 4.15. The Morgan fingerprint density at radius 3 is 2.62 bits per heavy atom. The summed E-state index contributed by atoms with van der Waals surface area (Å²) in [6, 6.07) is 9.97. The molecule has 0 aliphatic rings. The number of nitrogens with zero attached hydrogens (tertiary/aromatic N) is 1. The van der Waals surface area contributed by atoms with Crippen molar-refractivity contribution in [2.45, 2.75) is 6.92 Å². The lowest BCUT2D eigenvalue weighted by Crippen LogP contribution is -2.14. The number of amides is 1. The molecule has 6 nitrogen and oxygen atoms in total. The van der Waals surface area contributed by atoms with Crippen LogP contribution in [-0.4, -0.2) is 23.5 Å². The van der Waals surface area contributed by atoms with Crippen molar-refractivity contribution in [2.24, 2.45) is 5.73 Å². The molecule has 2 rings (SSSR count). The number of esters is 1. The fraction of sp³-hybridized carbons (Fsp3) is 0.133. The van der Waals surface area contributed by atoms with Gasteiger partial charge in [0.2, 0.25) is 0 Å². The van der Waals surface area contributed by atoms with Gasteiger partial charge in [-0.1, -0.05) is 12.1 Å². The lowest BCUT2D eigenvalue weighted by molar-refractivity contribution is 0.0527. The molecule has 0 spiro atoms. The highest BCUT2D eigenvalue weighted by atomic mass is 16.5. The molecular weight excluding hydrogens is 270 g/mol. The first-order chi connectivity index (χ1) is 10.1. The molecule has 0 atom stereocenters. The molecule has 0 unspecified atom stereocenters. The molecule has 21 heavy (non-hydrogen) atoms. The summed E-state index contributed by atoms with van der Waals surface area (Å²) < 4.78 is 4.97. The predicted molar refractivity (Wildman–Crippen MR) is 78.4 cm³/mol. The number of primary amides is 1. The van der Waals surface area contributed by atoms with Crippen molar-refractivity contribution in [1.29, 1.82) is 0 Å². The molecule has 0 aliphatic heterocycles. The summed E-state index contributed by atoms with van der Waals surface area (Å²) >= 11 is 0. The Balaban J connectivity index is 2.37. The largest absolute Gasteiger partial charge is 0.462 e. The summed E-state index contributed by atoms with van der Waals surface area (Å²) in [5, 5.41) is 2.95. The number of hydrogen-bond donors (Lipinski definition) is 2. The van der Waals surface area contributed by atoms with Crippen LogP contribution in [0.1, 0.15) is 27.6 Å². The Morgan fingerprint density at radius 1 is 1.19 bits per heavy atom. The maximum Gasteiger partial charge on any atom is 0.341 e. The minimum absolute atomic E-state index is 0.269. The van der Waals surface area contributed by atoms with Gasteiger partial charge in [0.05, 0.1) is 17.9 Å². The number of nitrogens with one attached hydrogen (secondary N) is 1. The third-order valence-corrected chi connectivity index (χ3v) is 2.75. The summed E-state index contributed by atoms with van der Waals surface area (Å²) in [6.45, 7) is 1.99. The van der Waals surface area contributed by atoms with Crippen LogP contribution in [0, 0.1) is 0 Å². The van der Waals surface area contributed by atoms with E-state index in [-0.39, 0.29) is 6.61 Å². The average Bonchev–Trinajstić information content (AvgIpc) is 2.48. The summed E-state index contributed by atoms with van der Waals surface area (Å²) in [4.78, 5) is 27.4. The summed E-state index contributed by atoms with van der Waals surface area (Å²) in [6.07, 6.45) is 1.54. The Labute approximate surface area is 121 Å². The van der Waals surface area contributed by atoms with Gasteiger partial charge in [-0.15, -0.1) is 0 Å². The fourth-order valence-electron chi connectivity index (χ4n) is 1.81. The Morgan fingerprint density at radius 2 is 1.90 bits per heavy atom. The SMILES string of the molecule is CCOC(=O)c1cccnc1Nc1ccccc1C(N)=O. The molecule has 2 aromatic rings. The summed E-state index contributed by atoms with van der Waals surface area (Å²) in [5.41, 5.74) is 6.41. The molecule has 0 saturated heterocycles. The van der Waals surface area contributed by atoms with E-state index in [1.54, 1.807) is 43.3 Å². The van der Waals surface area contributed by atoms with Crippen molar-refractivity contribution in [3.8, 4) is 0 Å². The predicted octanol–water partition coefficient (Wildman–Crippen LogP) is 2.10. The summed E-state index contributed by atoms with van der Waals surface area (Å²) in [7, 11) is 0. The number of carbonyl (C=O) groups is 2. The summed E-state index contributed by atoms with van der Waals surface area (Å²) in [5.74, 6) is -0.735. The lowest BCUT2D eigenvalue weighted by Gasteiger charge is -2.12. The van der Waals surface area contributed by atoms with Crippen LogP contribution < -0.4 is 11.1 Å². The topological polar surface area (TPSA) is 94.3 Å². The number of hydrogen-bond acceptors (Lipinski definition) is 5. The molecule has 1 aromatic heterocycles. The molecule has 3 N–H and O–H groups in total. The number of nitrogens with two attached hydrogens (primary N) is 1. The maximum atomic E-state index is 11.9. The number of pyridine rings is 1. The van der Waals surface area contributed by atoms with Crippen LogP contribution in [0.2, 0.25) is 0 Å². The Kier molecular flexibility index (Phi) is 4.50. The first kappa shape index (κ1) is 14.5. The smallest absolute Gasteiger partial charge is 0.341 e. The molecule has 6 heteroatoms. The minimum Gasteiger partial charge on any atom is -0.462 e. The van der Waals surface area contributed by atoms with Gasteiger partial charge in [0.15, 0.2) is 0 Å². The van der Waals surface area contributed by atoms with Crippen LogP contribution in [0.5, 0.6) is 0 Å². The van der Waals surface area contributed by atoms with E-state index in [9.17, 15) is 9.59 Å². The molecule has 1 heterocycles. The van der Waals surface area contributed by atoms with E-state index in [4.69, 9.17) is 10.5 Å². The molecule has 108 valence electrons. The monoisotopic (exact) mass is 285 g/mol. The number of ether oxygens (including phenoxy) is 1. The van der Waals surface area contributed by atoms with Crippen molar-refractivity contribution in [2.75, 3.05) is 11.9 Å². The number of benzene rings is 1. The van der Waals surface area contributed by atoms with E-state index in [2.05, 4.69) is 10.3 Å². The fourth-order valence-corrected chi connectivity index (χ4v) is 1.81. The van der Waals surface area contributed by atoms with Crippen LogP contribution in [0.25, 0.3) is 0 Å². The number of anilines is 2. The van der Waals surface area contributed by atoms with E-state index in [0.29, 0.717) is 22.6 Å². The second-order valence-electron chi connectivity index (χ2n) is 4.15. The molecule has 0 bridgehead atoms. The van der Waals surface area contributed by atoms with Crippen LogP contribution in [0.3, 0.4) is 0 Å². The van der Waals surface area contributed by atoms with Gasteiger partial charge in [-0.05, 0) is 31.2 Å².